The molecule has 5 nitrogen and oxygen atoms in total. The molecule has 23 heavy (non-hydrogen) atoms. The molecule has 4 aromatic rings. The van der Waals surface area contributed by atoms with E-state index in [1.165, 1.54) is 0 Å². The molecule has 0 amide bonds. The van der Waals surface area contributed by atoms with Crippen LogP contribution >= 0.6 is 11.6 Å². The molecule has 2 aromatic heterocycles. The maximum atomic E-state index is 6.12. The molecule has 2 aromatic carbocycles. The lowest BCUT2D eigenvalue weighted by molar-refractivity contribution is 0.817. The number of rotatable bonds is 3. The normalized spacial score (nSPS) is 11.0. The Kier molecular flexibility index (Phi) is 3.48. The zero-order chi connectivity index (χ0) is 15.6. The van der Waals surface area contributed by atoms with Crippen LogP contribution in [-0.2, 0) is 6.42 Å². The lowest BCUT2D eigenvalue weighted by Crippen LogP contribution is -2.00. The Labute approximate surface area is 137 Å². The van der Waals surface area contributed by atoms with Crippen LogP contribution in [0.5, 0.6) is 0 Å². The molecule has 0 saturated heterocycles. The van der Waals surface area contributed by atoms with Gasteiger partial charge in [-0.1, -0.05) is 53.7 Å². The molecule has 0 fully saturated rings. The summed E-state index contributed by atoms with van der Waals surface area (Å²) in [6.07, 6.45) is 0.632. The Morgan fingerprint density at radius 3 is 2.30 bits per heavy atom. The van der Waals surface area contributed by atoms with Crippen LogP contribution in [0.4, 0.5) is 0 Å². The molecule has 112 valence electrons. The zero-order valence-corrected chi connectivity index (χ0v) is 12.9. The van der Waals surface area contributed by atoms with Gasteiger partial charge in [-0.2, -0.15) is 9.67 Å². The first-order valence-electron chi connectivity index (χ1n) is 7.18. The molecule has 0 N–H and O–H groups in total. The average molecular weight is 322 g/mol. The molecule has 6 heteroatoms. The Hall–Kier alpha value is -2.79. The van der Waals surface area contributed by atoms with Crippen LogP contribution in [0.25, 0.3) is 16.9 Å². The van der Waals surface area contributed by atoms with Crippen molar-refractivity contribution in [1.82, 2.24) is 25.0 Å². The van der Waals surface area contributed by atoms with E-state index in [2.05, 4.69) is 20.3 Å². The molecule has 0 aliphatic carbocycles. The SMILES string of the molecule is Clc1nc(Cc2ccccc2)c2nnn(-c3ccccc3)c2n1. The second-order valence-corrected chi connectivity index (χ2v) is 5.45. The van der Waals surface area contributed by atoms with E-state index >= 15 is 0 Å². The van der Waals surface area contributed by atoms with E-state index < -0.39 is 0 Å². The van der Waals surface area contributed by atoms with Crippen molar-refractivity contribution in [3.05, 3.63) is 77.2 Å². The van der Waals surface area contributed by atoms with Crippen molar-refractivity contribution >= 4 is 22.8 Å². The number of nitrogens with zero attached hydrogens (tertiary/aromatic N) is 5. The van der Waals surface area contributed by atoms with E-state index in [1.807, 2.05) is 60.7 Å². The summed E-state index contributed by atoms with van der Waals surface area (Å²) in [7, 11) is 0. The summed E-state index contributed by atoms with van der Waals surface area (Å²) < 4.78 is 1.68. The summed E-state index contributed by atoms with van der Waals surface area (Å²) in [5.74, 6) is 0. The summed E-state index contributed by atoms with van der Waals surface area (Å²) in [6, 6.07) is 19.8. The minimum absolute atomic E-state index is 0.197. The number of para-hydroxylation sites is 1. The van der Waals surface area contributed by atoms with Gasteiger partial charge in [0.25, 0.3) is 0 Å². The lowest BCUT2D eigenvalue weighted by atomic mass is 10.1. The molecule has 0 radical (unpaired) electrons. The molecule has 0 saturated carbocycles. The van der Waals surface area contributed by atoms with Gasteiger partial charge in [0.1, 0.15) is 0 Å². The third kappa shape index (κ3) is 2.66. The molecule has 2 heterocycles. The largest absolute Gasteiger partial charge is 0.224 e. The highest BCUT2D eigenvalue weighted by molar-refractivity contribution is 6.28. The van der Waals surface area contributed by atoms with Crippen LogP contribution in [0.2, 0.25) is 5.28 Å². The van der Waals surface area contributed by atoms with Crippen molar-refractivity contribution in [3.8, 4) is 5.69 Å². The predicted molar refractivity (Wildman–Crippen MR) is 88.7 cm³/mol. The molecule has 0 unspecified atom stereocenters. The maximum Gasteiger partial charge on any atom is 0.224 e. The third-order valence-corrected chi connectivity index (χ3v) is 3.73. The molecule has 0 aliphatic rings. The maximum absolute atomic E-state index is 6.12. The summed E-state index contributed by atoms with van der Waals surface area (Å²) in [4.78, 5) is 8.65. The predicted octanol–water partition coefficient (Wildman–Crippen LogP) is 3.45. The second kappa shape index (κ2) is 5.78. The van der Waals surface area contributed by atoms with Crippen LogP contribution in [0.3, 0.4) is 0 Å². The van der Waals surface area contributed by atoms with Crippen LogP contribution in [0, 0.1) is 0 Å². The summed E-state index contributed by atoms with van der Waals surface area (Å²) in [5.41, 5.74) is 4.07. The van der Waals surface area contributed by atoms with E-state index in [-0.39, 0.29) is 5.28 Å². The van der Waals surface area contributed by atoms with E-state index in [9.17, 15) is 0 Å². The first kappa shape index (κ1) is 13.8. The van der Waals surface area contributed by atoms with Crippen molar-refractivity contribution in [2.45, 2.75) is 6.42 Å². The first-order chi connectivity index (χ1) is 11.3. The van der Waals surface area contributed by atoms with Gasteiger partial charge in [-0.25, -0.2) is 4.98 Å². The number of aromatic nitrogens is 5. The third-order valence-electron chi connectivity index (χ3n) is 3.56. The average Bonchev–Trinajstić information content (AvgIpc) is 3.00. The van der Waals surface area contributed by atoms with Gasteiger partial charge in [-0.3, -0.25) is 0 Å². The number of fused-ring (bicyclic) bond motifs is 1. The van der Waals surface area contributed by atoms with Crippen LogP contribution < -0.4 is 0 Å². The smallest absolute Gasteiger partial charge is 0.220 e. The number of benzene rings is 2. The molecule has 0 spiro atoms. The molecule has 0 atom stereocenters. The van der Waals surface area contributed by atoms with E-state index in [0.717, 1.165) is 16.9 Å². The highest BCUT2D eigenvalue weighted by Gasteiger charge is 2.15. The molecular weight excluding hydrogens is 310 g/mol. The van der Waals surface area contributed by atoms with Crippen molar-refractivity contribution < 1.29 is 0 Å². The van der Waals surface area contributed by atoms with Gasteiger partial charge in [0.05, 0.1) is 11.4 Å². The fourth-order valence-corrected chi connectivity index (χ4v) is 2.68. The summed E-state index contributed by atoms with van der Waals surface area (Å²) >= 11 is 6.12. The summed E-state index contributed by atoms with van der Waals surface area (Å²) in [5, 5.41) is 8.67. The molecule has 0 bridgehead atoms. The topological polar surface area (TPSA) is 56.5 Å². The van der Waals surface area contributed by atoms with Gasteiger partial charge in [0.15, 0.2) is 11.2 Å². The summed E-state index contributed by atoms with van der Waals surface area (Å²) in [6.45, 7) is 0. The van der Waals surface area contributed by atoms with Crippen molar-refractivity contribution in [3.63, 3.8) is 0 Å². The Balaban J connectivity index is 1.85. The Morgan fingerprint density at radius 1 is 0.870 bits per heavy atom. The van der Waals surface area contributed by atoms with Crippen molar-refractivity contribution in [1.29, 1.82) is 0 Å². The zero-order valence-electron chi connectivity index (χ0n) is 12.1. The van der Waals surface area contributed by atoms with Crippen LogP contribution in [0.15, 0.2) is 60.7 Å². The molecule has 0 aliphatic heterocycles. The Bertz CT molecular complexity index is 951. The molecular formula is C17H12ClN5. The fraction of sp³-hybridized carbons (Fsp3) is 0.0588. The quantitative estimate of drug-likeness (QED) is 0.542. The minimum Gasteiger partial charge on any atom is -0.220 e. The van der Waals surface area contributed by atoms with Gasteiger partial charge in [-0.05, 0) is 29.3 Å². The fourth-order valence-electron chi connectivity index (χ4n) is 2.50. The van der Waals surface area contributed by atoms with Crippen molar-refractivity contribution in [2.24, 2.45) is 0 Å². The van der Waals surface area contributed by atoms with Gasteiger partial charge >= 0.3 is 0 Å². The lowest BCUT2D eigenvalue weighted by Gasteiger charge is -2.04. The number of halogens is 1. The van der Waals surface area contributed by atoms with Crippen molar-refractivity contribution in [2.75, 3.05) is 0 Å². The second-order valence-electron chi connectivity index (χ2n) is 5.11. The van der Waals surface area contributed by atoms with Gasteiger partial charge in [0.2, 0.25) is 5.28 Å². The van der Waals surface area contributed by atoms with Gasteiger partial charge in [0, 0.05) is 6.42 Å². The standard InChI is InChI=1S/C17H12ClN5/c18-17-19-14(11-12-7-3-1-4-8-12)15-16(20-17)23(22-21-15)13-9-5-2-6-10-13/h1-10H,11H2. The first-order valence-corrected chi connectivity index (χ1v) is 7.56. The Morgan fingerprint density at radius 2 is 1.57 bits per heavy atom. The monoisotopic (exact) mass is 321 g/mol. The number of hydrogen-bond acceptors (Lipinski definition) is 4. The van der Waals surface area contributed by atoms with Gasteiger partial charge < -0.3 is 0 Å². The van der Waals surface area contributed by atoms with Gasteiger partial charge in [-0.15, -0.1) is 5.10 Å². The number of hydrogen-bond donors (Lipinski definition) is 0. The highest BCUT2D eigenvalue weighted by Crippen LogP contribution is 2.20. The van der Waals surface area contributed by atoms with E-state index in [4.69, 9.17) is 11.6 Å². The van der Waals surface area contributed by atoms with E-state index in [1.54, 1.807) is 4.68 Å². The van der Waals surface area contributed by atoms with Crippen LogP contribution in [0.1, 0.15) is 11.3 Å². The molecule has 4 rings (SSSR count). The van der Waals surface area contributed by atoms with E-state index in [0.29, 0.717) is 17.6 Å². The minimum atomic E-state index is 0.197. The van der Waals surface area contributed by atoms with Crippen LogP contribution in [-0.4, -0.2) is 25.0 Å². The highest BCUT2D eigenvalue weighted by atomic mass is 35.5.